The fraction of sp³-hybridized carbons (Fsp3) is 0.300. The molecule has 0 bridgehead atoms. The summed E-state index contributed by atoms with van der Waals surface area (Å²) in [4.78, 5) is 0. The summed E-state index contributed by atoms with van der Waals surface area (Å²) in [6.07, 6.45) is 1.43. The molecule has 3 nitrogen and oxygen atoms in total. The first-order valence-electron chi connectivity index (χ1n) is 4.33. The van der Waals surface area contributed by atoms with Gasteiger partial charge in [0.2, 0.25) is 0 Å². The Morgan fingerprint density at radius 2 is 1.64 bits per heavy atom. The lowest BCUT2D eigenvalue weighted by atomic mass is 10.1. The minimum Gasteiger partial charge on any atom is -0.387 e. The van der Waals surface area contributed by atoms with Crippen molar-refractivity contribution in [3.8, 4) is 0 Å². The van der Waals surface area contributed by atoms with Gasteiger partial charge in [-0.05, 0) is 24.1 Å². The zero-order chi connectivity index (χ0) is 9.68. The maximum atomic E-state index is 7.12. The molecule has 0 aliphatic rings. The van der Waals surface area contributed by atoms with E-state index in [4.69, 9.17) is 16.9 Å². The largest absolute Gasteiger partial charge is 0.387 e. The normalized spacial score (nSPS) is 9.21. The van der Waals surface area contributed by atoms with Crippen LogP contribution in [0.3, 0.4) is 0 Å². The van der Waals surface area contributed by atoms with E-state index in [0.29, 0.717) is 13.0 Å². The molecule has 5 N–H and O–H groups in total. The minimum atomic E-state index is 0. The van der Waals surface area contributed by atoms with E-state index < -0.39 is 0 Å². The van der Waals surface area contributed by atoms with Crippen LogP contribution in [0.25, 0.3) is 0 Å². The van der Waals surface area contributed by atoms with Crippen molar-refractivity contribution in [3.05, 3.63) is 35.4 Å². The molecule has 0 amide bonds. The van der Waals surface area contributed by atoms with Gasteiger partial charge < -0.3 is 11.5 Å². The van der Waals surface area contributed by atoms with Gasteiger partial charge in [-0.2, -0.15) is 0 Å². The summed E-state index contributed by atoms with van der Waals surface area (Å²) in [5, 5.41) is 7.12. The Labute approximate surface area is 90.4 Å². The first kappa shape index (κ1) is 12.9. The van der Waals surface area contributed by atoms with E-state index in [9.17, 15) is 0 Å². The predicted molar refractivity (Wildman–Crippen MR) is 62.1 cm³/mol. The van der Waals surface area contributed by atoms with Crippen molar-refractivity contribution < 1.29 is 0 Å². The average Bonchev–Trinajstić information content (AvgIpc) is 2.08. The maximum absolute atomic E-state index is 7.12. The third kappa shape index (κ3) is 4.25. The molecular weight excluding hydrogens is 198 g/mol. The van der Waals surface area contributed by atoms with Crippen molar-refractivity contribution in [2.45, 2.75) is 12.8 Å². The van der Waals surface area contributed by atoms with Crippen LogP contribution in [0.1, 0.15) is 11.1 Å². The number of halogens is 1. The van der Waals surface area contributed by atoms with Crippen molar-refractivity contribution in [2.24, 2.45) is 11.5 Å². The van der Waals surface area contributed by atoms with Gasteiger partial charge in [0.05, 0.1) is 5.84 Å². The van der Waals surface area contributed by atoms with Crippen LogP contribution in [0.2, 0.25) is 0 Å². The topological polar surface area (TPSA) is 75.9 Å². The van der Waals surface area contributed by atoms with Crippen molar-refractivity contribution in [2.75, 3.05) is 6.54 Å². The Balaban J connectivity index is 0.00000169. The van der Waals surface area contributed by atoms with Gasteiger partial charge >= 0.3 is 0 Å². The van der Waals surface area contributed by atoms with Crippen LogP contribution in [0.15, 0.2) is 24.3 Å². The summed E-state index contributed by atoms with van der Waals surface area (Å²) >= 11 is 0. The lowest BCUT2D eigenvalue weighted by Crippen LogP contribution is -2.12. The lowest BCUT2D eigenvalue weighted by molar-refractivity contribution is 0.967. The lowest BCUT2D eigenvalue weighted by Gasteiger charge is -2.01. The highest BCUT2D eigenvalue weighted by atomic mass is 35.5. The van der Waals surface area contributed by atoms with E-state index >= 15 is 0 Å². The number of amidine groups is 1. The Morgan fingerprint density at radius 1 is 1.14 bits per heavy atom. The van der Waals surface area contributed by atoms with Gasteiger partial charge in [-0.3, -0.25) is 5.41 Å². The molecule has 0 heterocycles. The number of rotatable bonds is 4. The van der Waals surface area contributed by atoms with E-state index in [-0.39, 0.29) is 18.2 Å². The van der Waals surface area contributed by atoms with Crippen LogP contribution >= 0.6 is 12.4 Å². The quantitative estimate of drug-likeness (QED) is 0.517. The average molecular weight is 214 g/mol. The zero-order valence-corrected chi connectivity index (χ0v) is 8.81. The van der Waals surface area contributed by atoms with Crippen LogP contribution in [0, 0.1) is 5.41 Å². The van der Waals surface area contributed by atoms with E-state index in [0.717, 1.165) is 12.0 Å². The van der Waals surface area contributed by atoms with Crippen LogP contribution in [-0.2, 0) is 12.8 Å². The SMILES string of the molecule is Cl.N=C(N)Cc1ccc(CCN)cc1. The van der Waals surface area contributed by atoms with Gasteiger partial charge in [0, 0.05) is 6.42 Å². The van der Waals surface area contributed by atoms with E-state index in [2.05, 4.69) is 0 Å². The van der Waals surface area contributed by atoms with E-state index in [1.807, 2.05) is 24.3 Å². The number of benzene rings is 1. The number of nitrogens with one attached hydrogen (secondary N) is 1. The molecule has 0 spiro atoms. The van der Waals surface area contributed by atoms with Crippen LogP contribution in [0.5, 0.6) is 0 Å². The Bertz CT molecular complexity index is 282. The molecule has 0 saturated heterocycles. The minimum absolute atomic E-state index is 0. The molecule has 1 aromatic carbocycles. The summed E-state index contributed by atoms with van der Waals surface area (Å²) in [5.41, 5.74) is 13.0. The van der Waals surface area contributed by atoms with E-state index in [1.165, 1.54) is 5.56 Å². The third-order valence-corrected chi connectivity index (χ3v) is 1.85. The molecule has 4 heteroatoms. The number of hydrogen-bond donors (Lipinski definition) is 3. The van der Waals surface area contributed by atoms with Crippen molar-refractivity contribution in [1.82, 2.24) is 0 Å². The molecule has 0 radical (unpaired) electrons. The van der Waals surface area contributed by atoms with Crippen molar-refractivity contribution in [1.29, 1.82) is 5.41 Å². The highest BCUT2D eigenvalue weighted by molar-refractivity contribution is 5.85. The molecule has 0 unspecified atom stereocenters. The molecule has 0 atom stereocenters. The fourth-order valence-corrected chi connectivity index (χ4v) is 1.21. The summed E-state index contributed by atoms with van der Waals surface area (Å²) in [5.74, 6) is 0.201. The van der Waals surface area contributed by atoms with Crippen molar-refractivity contribution >= 4 is 18.2 Å². The fourth-order valence-electron chi connectivity index (χ4n) is 1.21. The second-order valence-corrected chi connectivity index (χ2v) is 3.06. The molecule has 0 aliphatic carbocycles. The highest BCUT2D eigenvalue weighted by Gasteiger charge is 1.95. The maximum Gasteiger partial charge on any atom is 0.0950 e. The number of nitrogens with two attached hydrogens (primary N) is 2. The smallest absolute Gasteiger partial charge is 0.0950 e. The molecule has 0 fully saturated rings. The number of hydrogen-bond acceptors (Lipinski definition) is 2. The van der Waals surface area contributed by atoms with Gasteiger partial charge in [-0.15, -0.1) is 12.4 Å². The van der Waals surface area contributed by atoms with E-state index in [1.54, 1.807) is 0 Å². The summed E-state index contributed by atoms with van der Waals surface area (Å²) < 4.78 is 0. The van der Waals surface area contributed by atoms with Crippen LogP contribution in [-0.4, -0.2) is 12.4 Å². The zero-order valence-electron chi connectivity index (χ0n) is 7.99. The molecule has 1 aromatic rings. The third-order valence-electron chi connectivity index (χ3n) is 1.85. The van der Waals surface area contributed by atoms with Crippen LogP contribution < -0.4 is 11.5 Å². The molecule has 78 valence electrons. The molecular formula is C10H16ClN3. The molecule has 0 saturated carbocycles. The van der Waals surface area contributed by atoms with Gasteiger partial charge in [0.1, 0.15) is 0 Å². The van der Waals surface area contributed by atoms with Crippen LogP contribution in [0.4, 0.5) is 0 Å². The second kappa shape index (κ2) is 6.40. The molecule has 0 aromatic heterocycles. The molecule has 0 aliphatic heterocycles. The first-order chi connectivity index (χ1) is 6.22. The monoisotopic (exact) mass is 213 g/mol. The van der Waals surface area contributed by atoms with Crippen molar-refractivity contribution in [3.63, 3.8) is 0 Å². The summed E-state index contributed by atoms with van der Waals surface area (Å²) in [6, 6.07) is 8.05. The van der Waals surface area contributed by atoms with Gasteiger partial charge in [-0.1, -0.05) is 24.3 Å². The summed E-state index contributed by atoms with van der Waals surface area (Å²) in [6.45, 7) is 0.673. The highest BCUT2D eigenvalue weighted by Crippen LogP contribution is 2.05. The Morgan fingerprint density at radius 3 is 2.07 bits per heavy atom. The van der Waals surface area contributed by atoms with Gasteiger partial charge in [0.25, 0.3) is 0 Å². The molecule has 14 heavy (non-hydrogen) atoms. The molecule has 1 rings (SSSR count). The van der Waals surface area contributed by atoms with Gasteiger partial charge in [0.15, 0.2) is 0 Å². The standard InChI is InChI=1S/C10H15N3.ClH/c11-6-5-8-1-3-9(4-2-8)7-10(12)13;/h1-4H,5-7,11H2,(H3,12,13);1H. The summed E-state index contributed by atoms with van der Waals surface area (Å²) in [7, 11) is 0. The van der Waals surface area contributed by atoms with Gasteiger partial charge in [-0.25, -0.2) is 0 Å². The first-order valence-corrected chi connectivity index (χ1v) is 4.33. The Kier molecular flexibility index (Phi) is 5.92. The second-order valence-electron chi connectivity index (χ2n) is 3.06. The predicted octanol–water partition coefficient (Wildman–Crippen LogP) is 1.09. The Hall–Kier alpha value is -1.06.